The first-order valence-electron chi connectivity index (χ1n) is 6.74. The van der Waals surface area contributed by atoms with Gasteiger partial charge in [0, 0.05) is 17.9 Å². The first kappa shape index (κ1) is 14.8. The lowest BCUT2D eigenvalue weighted by Crippen LogP contribution is -2.01. The zero-order chi connectivity index (χ0) is 15.7. The lowest BCUT2D eigenvalue weighted by Gasteiger charge is -2.08. The highest BCUT2D eigenvalue weighted by atomic mass is 32.1. The van der Waals surface area contributed by atoms with Crippen LogP contribution < -0.4 is 4.74 Å². The fraction of sp³-hybridized carbons (Fsp3) is 0.118. The van der Waals surface area contributed by atoms with Crippen molar-refractivity contribution in [2.75, 3.05) is 0 Å². The monoisotopic (exact) mass is 327 g/mol. The van der Waals surface area contributed by atoms with Crippen LogP contribution in [0.15, 0.2) is 42.5 Å². The number of ether oxygens (including phenoxy) is 1. The molecule has 5 heteroatoms. The van der Waals surface area contributed by atoms with E-state index < -0.39 is 0 Å². The van der Waals surface area contributed by atoms with E-state index in [1.54, 1.807) is 6.07 Å². The minimum atomic E-state index is -0.327. The Labute approximate surface area is 137 Å². The smallest absolute Gasteiger partial charge is 0.308 e. The van der Waals surface area contributed by atoms with Crippen molar-refractivity contribution in [3.8, 4) is 16.3 Å². The number of carbonyl (C=O) groups is 1. The summed E-state index contributed by atoms with van der Waals surface area (Å²) in [6.07, 6.45) is 0. The summed E-state index contributed by atoms with van der Waals surface area (Å²) in [5, 5.41) is 1.87. The fourth-order valence-corrected chi connectivity index (χ4v) is 3.59. The maximum absolute atomic E-state index is 11.0. The third-order valence-electron chi connectivity index (χ3n) is 3.23. The predicted octanol–water partition coefficient (Wildman–Crippen LogP) is 4.93. The molecule has 0 aliphatic carbocycles. The third kappa shape index (κ3) is 2.91. The second-order valence-corrected chi connectivity index (χ2v) is 6.56. The summed E-state index contributed by atoms with van der Waals surface area (Å²) in [4.78, 5) is 15.7. The molecule has 1 aromatic heterocycles. The van der Waals surface area contributed by atoms with E-state index in [1.165, 1.54) is 18.3 Å². The van der Waals surface area contributed by atoms with E-state index >= 15 is 0 Å². The molecule has 0 atom stereocenters. The Hall–Kier alpha value is -2.11. The lowest BCUT2D eigenvalue weighted by molar-refractivity contribution is -0.131. The SMILES string of the molecule is CC(=O)Oc1ccc(-c2nc3ccccc3c(=S)s2)c(C)c1. The van der Waals surface area contributed by atoms with Gasteiger partial charge in [0.05, 0.1) is 5.52 Å². The van der Waals surface area contributed by atoms with Crippen molar-refractivity contribution >= 4 is 40.4 Å². The lowest BCUT2D eigenvalue weighted by atomic mass is 10.1. The van der Waals surface area contributed by atoms with Gasteiger partial charge in [0.15, 0.2) is 0 Å². The molecule has 3 nitrogen and oxygen atoms in total. The van der Waals surface area contributed by atoms with Crippen LogP contribution in [0.3, 0.4) is 0 Å². The molecule has 0 radical (unpaired) electrons. The van der Waals surface area contributed by atoms with E-state index in [0.717, 1.165) is 30.9 Å². The van der Waals surface area contributed by atoms with Crippen molar-refractivity contribution in [1.29, 1.82) is 0 Å². The standard InChI is InChI=1S/C17H13NO2S2/c1-10-9-12(20-11(2)19)7-8-13(10)16-18-15-6-4-3-5-14(15)17(21)22-16/h3-9H,1-2H3. The summed E-state index contributed by atoms with van der Waals surface area (Å²) >= 11 is 6.97. The summed E-state index contributed by atoms with van der Waals surface area (Å²) in [5.41, 5.74) is 2.88. The third-order valence-corrected chi connectivity index (χ3v) is 4.60. The van der Waals surface area contributed by atoms with Crippen LogP contribution in [-0.2, 0) is 4.79 Å². The quantitative estimate of drug-likeness (QED) is 0.380. The summed E-state index contributed by atoms with van der Waals surface area (Å²) in [7, 11) is 0. The number of hydrogen-bond donors (Lipinski definition) is 0. The Kier molecular flexibility index (Phi) is 4.00. The number of hydrogen-bond acceptors (Lipinski definition) is 5. The number of carbonyl (C=O) groups excluding carboxylic acids is 1. The Balaban J connectivity index is 2.11. The van der Waals surface area contributed by atoms with Crippen molar-refractivity contribution < 1.29 is 9.53 Å². The molecule has 1 heterocycles. The van der Waals surface area contributed by atoms with Crippen LogP contribution in [0.4, 0.5) is 0 Å². The van der Waals surface area contributed by atoms with E-state index in [9.17, 15) is 4.79 Å². The molecule has 0 saturated carbocycles. The molecule has 22 heavy (non-hydrogen) atoms. The summed E-state index contributed by atoms with van der Waals surface area (Å²) < 4.78 is 5.93. The molecule has 2 aromatic carbocycles. The van der Waals surface area contributed by atoms with Gasteiger partial charge in [-0.1, -0.05) is 30.4 Å². The minimum Gasteiger partial charge on any atom is -0.427 e. The van der Waals surface area contributed by atoms with E-state index in [2.05, 4.69) is 0 Å². The summed E-state index contributed by atoms with van der Waals surface area (Å²) in [6.45, 7) is 3.36. The fourth-order valence-electron chi connectivity index (χ4n) is 2.24. The van der Waals surface area contributed by atoms with Crippen molar-refractivity contribution in [2.45, 2.75) is 13.8 Å². The van der Waals surface area contributed by atoms with Crippen LogP contribution in [0.1, 0.15) is 12.5 Å². The van der Waals surface area contributed by atoms with Gasteiger partial charge in [0.2, 0.25) is 0 Å². The highest BCUT2D eigenvalue weighted by Gasteiger charge is 2.09. The van der Waals surface area contributed by atoms with Gasteiger partial charge in [0.25, 0.3) is 0 Å². The van der Waals surface area contributed by atoms with Crippen LogP contribution in [0, 0.1) is 10.7 Å². The zero-order valence-corrected chi connectivity index (χ0v) is 13.8. The number of para-hydroxylation sites is 1. The van der Waals surface area contributed by atoms with Gasteiger partial charge in [-0.05, 0) is 36.8 Å². The van der Waals surface area contributed by atoms with Crippen molar-refractivity contribution in [1.82, 2.24) is 4.98 Å². The van der Waals surface area contributed by atoms with Crippen LogP contribution >= 0.6 is 23.6 Å². The van der Waals surface area contributed by atoms with Gasteiger partial charge in [-0.25, -0.2) is 4.98 Å². The topological polar surface area (TPSA) is 39.2 Å². The van der Waals surface area contributed by atoms with E-state index in [-0.39, 0.29) is 5.97 Å². The largest absolute Gasteiger partial charge is 0.427 e. The first-order chi connectivity index (χ1) is 10.5. The number of fused-ring (bicyclic) bond motifs is 1. The van der Waals surface area contributed by atoms with Gasteiger partial charge in [-0.15, -0.1) is 11.3 Å². The Morgan fingerprint density at radius 1 is 1.23 bits per heavy atom. The van der Waals surface area contributed by atoms with E-state index in [4.69, 9.17) is 21.9 Å². The summed E-state index contributed by atoms with van der Waals surface area (Å²) in [6, 6.07) is 13.4. The first-order valence-corrected chi connectivity index (χ1v) is 7.96. The maximum atomic E-state index is 11.0. The molecule has 3 rings (SSSR count). The number of nitrogens with zero attached hydrogens (tertiary/aromatic N) is 1. The Morgan fingerprint density at radius 2 is 2.00 bits per heavy atom. The Bertz CT molecular complexity index is 931. The predicted molar refractivity (Wildman–Crippen MR) is 91.9 cm³/mol. The summed E-state index contributed by atoms with van der Waals surface area (Å²) in [5.74, 6) is 0.213. The van der Waals surface area contributed by atoms with Crippen LogP contribution in [0.25, 0.3) is 21.5 Å². The highest BCUT2D eigenvalue weighted by Crippen LogP contribution is 2.31. The maximum Gasteiger partial charge on any atom is 0.308 e. The van der Waals surface area contributed by atoms with Crippen LogP contribution in [0.5, 0.6) is 5.75 Å². The molecular formula is C17H13NO2S2. The molecular weight excluding hydrogens is 314 g/mol. The molecule has 0 fully saturated rings. The molecule has 0 amide bonds. The van der Waals surface area contributed by atoms with Gasteiger partial charge in [-0.3, -0.25) is 4.79 Å². The number of aryl methyl sites for hydroxylation is 1. The molecule has 110 valence electrons. The van der Waals surface area contributed by atoms with Crippen molar-refractivity contribution in [3.63, 3.8) is 0 Å². The van der Waals surface area contributed by atoms with Crippen LogP contribution in [0.2, 0.25) is 0 Å². The number of rotatable bonds is 2. The average Bonchev–Trinajstić information content (AvgIpc) is 2.46. The van der Waals surface area contributed by atoms with Gasteiger partial charge < -0.3 is 4.74 Å². The number of esters is 1. The molecule has 0 saturated heterocycles. The minimum absolute atomic E-state index is 0.327. The zero-order valence-electron chi connectivity index (χ0n) is 12.1. The number of benzene rings is 2. The van der Waals surface area contributed by atoms with Gasteiger partial charge >= 0.3 is 5.97 Å². The van der Waals surface area contributed by atoms with Crippen LogP contribution in [-0.4, -0.2) is 11.0 Å². The van der Waals surface area contributed by atoms with Crippen molar-refractivity contribution in [2.24, 2.45) is 0 Å². The molecule has 0 aliphatic heterocycles. The normalized spacial score (nSPS) is 10.6. The highest BCUT2D eigenvalue weighted by molar-refractivity contribution is 7.74. The van der Waals surface area contributed by atoms with E-state index in [0.29, 0.717) is 5.75 Å². The molecule has 3 aromatic rings. The van der Waals surface area contributed by atoms with E-state index in [1.807, 2.05) is 43.3 Å². The molecule has 0 unspecified atom stereocenters. The second kappa shape index (κ2) is 5.94. The molecule has 0 spiro atoms. The number of aromatic nitrogens is 1. The molecule has 0 aliphatic rings. The second-order valence-electron chi connectivity index (χ2n) is 4.89. The van der Waals surface area contributed by atoms with Gasteiger partial charge in [-0.2, -0.15) is 0 Å². The Morgan fingerprint density at radius 3 is 2.73 bits per heavy atom. The average molecular weight is 327 g/mol. The van der Waals surface area contributed by atoms with Crippen molar-refractivity contribution in [3.05, 3.63) is 51.9 Å². The molecule has 0 N–H and O–H groups in total. The van der Waals surface area contributed by atoms with Gasteiger partial charge in [0.1, 0.15) is 14.6 Å². The molecule has 0 bridgehead atoms.